The Morgan fingerprint density at radius 2 is 1.52 bits per heavy atom. The molecule has 0 aliphatic carbocycles. The summed E-state index contributed by atoms with van der Waals surface area (Å²) in [7, 11) is 0. The lowest BCUT2D eigenvalue weighted by Gasteiger charge is -2.10. The molecule has 1 atom stereocenters. The third-order valence-electron chi connectivity index (χ3n) is 4.47. The van der Waals surface area contributed by atoms with E-state index >= 15 is 0 Å². The highest BCUT2D eigenvalue weighted by molar-refractivity contribution is 5.90. The summed E-state index contributed by atoms with van der Waals surface area (Å²) in [5, 5.41) is 0. The van der Waals surface area contributed by atoms with Crippen LogP contribution in [0.2, 0.25) is 0 Å². The van der Waals surface area contributed by atoms with Crippen LogP contribution in [0.25, 0.3) is 11.1 Å². The molecule has 1 unspecified atom stereocenters. The second kappa shape index (κ2) is 10.5. The van der Waals surface area contributed by atoms with Gasteiger partial charge >= 0.3 is 11.9 Å². The number of rotatable bonds is 9. The van der Waals surface area contributed by atoms with Gasteiger partial charge in [-0.15, -0.1) is 0 Å². The Bertz CT molecular complexity index is 732. The first-order chi connectivity index (χ1) is 13.0. The first-order valence-corrected chi connectivity index (χ1v) is 9.61. The smallest absolute Gasteiger partial charge is 0.338 e. The van der Waals surface area contributed by atoms with E-state index in [9.17, 15) is 9.59 Å². The molecule has 0 aliphatic rings. The summed E-state index contributed by atoms with van der Waals surface area (Å²) in [6, 6.07) is 14.7. The third kappa shape index (κ3) is 6.55. The molecule has 0 fully saturated rings. The Labute approximate surface area is 161 Å². The van der Waals surface area contributed by atoms with Crippen LogP contribution in [0.5, 0.6) is 5.75 Å². The Morgan fingerprint density at radius 1 is 0.926 bits per heavy atom. The van der Waals surface area contributed by atoms with Gasteiger partial charge in [0, 0.05) is 6.42 Å². The highest BCUT2D eigenvalue weighted by Crippen LogP contribution is 2.23. The maximum absolute atomic E-state index is 12.1. The van der Waals surface area contributed by atoms with E-state index in [4.69, 9.17) is 9.47 Å². The predicted octanol–water partition coefficient (Wildman–Crippen LogP) is 5.65. The highest BCUT2D eigenvalue weighted by Gasteiger charge is 2.10. The molecule has 2 aromatic rings. The summed E-state index contributed by atoms with van der Waals surface area (Å²) >= 11 is 0. The number of hydrogen-bond acceptors (Lipinski definition) is 4. The minimum Gasteiger partial charge on any atom is -0.462 e. The van der Waals surface area contributed by atoms with Gasteiger partial charge in [-0.3, -0.25) is 4.79 Å². The van der Waals surface area contributed by atoms with Crippen molar-refractivity contribution in [3.05, 3.63) is 54.1 Å². The Kier molecular flexibility index (Phi) is 8.05. The summed E-state index contributed by atoms with van der Waals surface area (Å²) in [5.74, 6) is 0.411. The molecule has 0 N–H and O–H groups in total. The lowest BCUT2D eigenvalue weighted by Crippen LogP contribution is -2.11. The van der Waals surface area contributed by atoms with Crippen molar-refractivity contribution >= 4 is 11.9 Å². The van der Waals surface area contributed by atoms with Gasteiger partial charge < -0.3 is 9.47 Å². The number of carbonyl (C=O) groups is 2. The van der Waals surface area contributed by atoms with Crippen LogP contribution in [0.1, 0.15) is 56.8 Å². The Hall–Kier alpha value is -2.62. The van der Waals surface area contributed by atoms with Gasteiger partial charge in [-0.2, -0.15) is 0 Å². The number of benzene rings is 2. The predicted molar refractivity (Wildman–Crippen MR) is 107 cm³/mol. The van der Waals surface area contributed by atoms with Gasteiger partial charge in [0.15, 0.2) is 0 Å². The zero-order chi connectivity index (χ0) is 19.6. The number of ether oxygens (including phenoxy) is 2. The monoisotopic (exact) mass is 368 g/mol. The second-order valence-electron chi connectivity index (χ2n) is 6.79. The fraction of sp³-hybridized carbons (Fsp3) is 0.391. The number of esters is 2. The zero-order valence-corrected chi connectivity index (χ0v) is 16.4. The quantitative estimate of drug-likeness (QED) is 0.424. The van der Waals surface area contributed by atoms with Gasteiger partial charge in [0.25, 0.3) is 0 Å². The molecule has 2 aromatic carbocycles. The minimum atomic E-state index is -0.295. The van der Waals surface area contributed by atoms with Crippen LogP contribution in [0.3, 0.4) is 0 Å². The third-order valence-corrected chi connectivity index (χ3v) is 4.47. The summed E-state index contributed by atoms with van der Waals surface area (Å²) in [6.45, 7) is 6.61. The average molecular weight is 368 g/mol. The van der Waals surface area contributed by atoms with Crippen LogP contribution in [-0.2, 0) is 9.53 Å². The topological polar surface area (TPSA) is 52.6 Å². The van der Waals surface area contributed by atoms with Crippen LogP contribution < -0.4 is 4.74 Å². The van der Waals surface area contributed by atoms with Crippen molar-refractivity contribution in [2.24, 2.45) is 5.92 Å². The Balaban J connectivity index is 1.96. The van der Waals surface area contributed by atoms with E-state index in [0.29, 0.717) is 30.3 Å². The van der Waals surface area contributed by atoms with Crippen LogP contribution in [0.4, 0.5) is 0 Å². The van der Waals surface area contributed by atoms with E-state index in [-0.39, 0.29) is 11.9 Å². The largest absolute Gasteiger partial charge is 0.462 e. The average Bonchev–Trinajstić information content (AvgIpc) is 2.70. The molecule has 0 bridgehead atoms. The molecule has 0 aromatic heterocycles. The molecule has 0 spiro atoms. The van der Waals surface area contributed by atoms with Crippen molar-refractivity contribution < 1.29 is 19.1 Å². The summed E-state index contributed by atoms with van der Waals surface area (Å²) in [4.78, 5) is 23.7. The van der Waals surface area contributed by atoms with Crippen LogP contribution in [0, 0.1) is 5.92 Å². The molecule has 2 rings (SSSR count). The summed E-state index contributed by atoms with van der Waals surface area (Å²) in [6.07, 6.45) is 3.22. The van der Waals surface area contributed by atoms with Crippen molar-refractivity contribution in [3.8, 4) is 16.9 Å². The van der Waals surface area contributed by atoms with E-state index in [1.165, 1.54) is 0 Å². The van der Waals surface area contributed by atoms with Gasteiger partial charge in [0.2, 0.25) is 0 Å². The van der Waals surface area contributed by atoms with Gasteiger partial charge in [-0.1, -0.05) is 57.9 Å². The second-order valence-corrected chi connectivity index (χ2v) is 6.79. The minimum absolute atomic E-state index is 0.204. The molecular formula is C23H28O4. The maximum Gasteiger partial charge on any atom is 0.338 e. The van der Waals surface area contributed by atoms with Gasteiger partial charge in [-0.25, -0.2) is 4.79 Å². The van der Waals surface area contributed by atoms with E-state index in [1.54, 1.807) is 24.3 Å². The molecule has 27 heavy (non-hydrogen) atoms. The number of carbonyl (C=O) groups excluding carboxylic acids is 2. The van der Waals surface area contributed by atoms with E-state index in [1.807, 2.05) is 31.2 Å². The van der Waals surface area contributed by atoms with Crippen molar-refractivity contribution in [1.82, 2.24) is 0 Å². The normalized spacial score (nSPS) is 11.7. The molecule has 4 heteroatoms. The fourth-order valence-corrected chi connectivity index (χ4v) is 2.44. The van der Waals surface area contributed by atoms with Crippen molar-refractivity contribution in [2.75, 3.05) is 6.61 Å². The van der Waals surface area contributed by atoms with E-state index < -0.39 is 0 Å². The molecule has 0 heterocycles. The SMILES string of the molecule is CCCCC(=O)Oc1ccc(-c2ccc(C(=O)OCC(C)CC)cc2)cc1. The molecule has 0 aliphatic heterocycles. The first kappa shape index (κ1) is 20.7. The molecular weight excluding hydrogens is 340 g/mol. The molecule has 0 saturated heterocycles. The first-order valence-electron chi connectivity index (χ1n) is 9.61. The van der Waals surface area contributed by atoms with Gasteiger partial charge in [-0.05, 0) is 47.7 Å². The molecule has 4 nitrogen and oxygen atoms in total. The zero-order valence-electron chi connectivity index (χ0n) is 16.4. The molecule has 144 valence electrons. The van der Waals surface area contributed by atoms with E-state index in [0.717, 1.165) is 30.4 Å². The maximum atomic E-state index is 12.1. The van der Waals surface area contributed by atoms with Crippen LogP contribution in [0.15, 0.2) is 48.5 Å². The Morgan fingerprint density at radius 3 is 2.07 bits per heavy atom. The van der Waals surface area contributed by atoms with Gasteiger partial charge in [0.05, 0.1) is 12.2 Å². The number of unbranched alkanes of at least 4 members (excludes halogenated alkanes) is 1. The van der Waals surface area contributed by atoms with Crippen molar-refractivity contribution in [3.63, 3.8) is 0 Å². The van der Waals surface area contributed by atoms with Gasteiger partial charge in [0.1, 0.15) is 5.75 Å². The van der Waals surface area contributed by atoms with Crippen molar-refractivity contribution in [2.45, 2.75) is 46.5 Å². The molecule has 0 saturated carbocycles. The standard InChI is InChI=1S/C23H28O4/c1-4-6-7-22(24)27-21-14-12-19(13-15-21)18-8-10-20(11-9-18)23(25)26-16-17(3)5-2/h8-15,17H,4-7,16H2,1-3H3. The highest BCUT2D eigenvalue weighted by atomic mass is 16.5. The van der Waals surface area contributed by atoms with Crippen LogP contribution >= 0.6 is 0 Å². The summed E-state index contributed by atoms with van der Waals surface area (Å²) < 4.78 is 10.6. The molecule has 0 radical (unpaired) electrons. The van der Waals surface area contributed by atoms with E-state index in [2.05, 4.69) is 13.8 Å². The molecule has 0 amide bonds. The summed E-state index contributed by atoms with van der Waals surface area (Å²) in [5.41, 5.74) is 2.52. The van der Waals surface area contributed by atoms with Crippen molar-refractivity contribution in [1.29, 1.82) is 0 Å². The fourth-order valence-electron chi connectivity index (χ4n) is 2.44. The number of hydrogen-bond donors (Lipinski definition) is 0. The lowest BCUT2D eigenvalue weighted by atomic mass is 10.0. The van der Waals surface area contributed by atoms with Crippen LogP contribution in [-0.4, -0.2) is 18.5 Å². The lowest BCUT2D eigenvalue weighted by molar-refractivity contribution is -0.134.